The van der Waals surface area contributed by atoms with Gasteiger partial charge in [-0.25, -0.2) is 13.2 Å². The van der Waals surface area contributed by atoms with Crippen molar-refractivity contribution in [3.05, 3.63) is 29.3 Å². The minimum absolute atomic E-state index is 0.00525. The zero-order valence-electron chi connectivity index (χ0n) is 9.93. The van der Waals surface area contributed by atoms with Crippen LogP contribution < -0.4 is 0 Å². The number of carboxylic acid groups (broad SMARTS) is 1. The summed E-state index contributed by atoms with van der Waals surface area (Å²) in [5.74, 6) is -1.05. The predicted octanol–water partition coefficient (Wildman–Crippen LogP) is 2.27. The summed E-state index contributed by atoms with van der Waals surface area (Å²) in [5.41, 5.74) is 0.594. The Morgan fingerprint density at radius 3 is 2.53 bits per heavy atom. The molecule has 1 rings (SSSR count). The number of carbonyl (C=O) groups is 1. The fourth-order valence-electron chi connectivity index (χ4n) is 1.51. The monoisotopic (exact) mass is 256 g/mol. The van der Waals surface area contributed by atoms with Gasteiger partial charge in [0.2, 0.25) is 0 Å². The van der Waals surface area contributed by atoms with Gasteiger partial charge in [-0.05, 0) is 31.0 Å². The van der Waals surface area contributed by atoms with Gasteiger partial charge in [0.25, 0.3) is 0 Å². The molecule has 4 nitrogen and oxygen atoms in total. The van der Waals surface area contributed by atoms with Crippen molar-refractivity contribution in [3.63, 3.8) is 0 Å². The van der Waals surface area contributed by atoms with Crippen LogP contribution in [0.4, 0.5) is 0 Å². The second kappa shape index (κ2) is 5.31. The lowest BCUT2D eigenvalue weighted by Gasteiger charge is -2.08. The van der Waals surface area contributed by atoms with Crippen LogP contribution in [0.2, 0.25) is 0 Å². The van der Waals surface area contributed by atoms with E-state index in [2.05, 4.69) is 0 Å². The number of carboxylic acids is 1. The molecule has 94 valence electrons. The molecular formula is C12H16O4S. The Morgan fingerprint density at radius 1 is 1.35 bits per heavy atom. The molecule has 0 radical (unpaired) electrons. The normalized spacial score (nSPS) is 11.4. The van der Waals surface area contributed by atoms with Crippen molar-refractivity contribution in [1.82, 2.24) is 0 Å². The number of sulfone groups is 1. The van der Waals surface area contributed by atoms with Crippen LogP contribution >= 0.6 is 0 Å². The highest BCUT2D eigenvalue weighted by Gasteiger charge is 2.18. The van der Waals surface area contributed by atoms with E-state index in [1.165, 1.54) is 18.2 Å². The largest absolute Gasteiger partial charge is 0.478 e. The van der Waals surface area contributed by atoms with Crippen molar-refractivity contribution in [1.29, 1.82) is 0 Å². The summed E-state index contributed by atoms with van der Waals surface area (Å²) in [6.45, 7) is 3.58. The number of unbranched alkanes of at least 4 members (excludes halogenated alkanes) is 1. The quantitative estimate of drug-likeness (QED) is 0.877. The number of hydrogen-bond acceptors (Lipinski definition) is 3. The Kier molecular flexibility index (Phi) is 4.28. The smallest absolute Gasteiger partial charge is 0.335 e. The Hall–Kier alpha value is -1.36. The second-order valence-corrected chi connectivity index (χ2v) is 6.04. The van der Waals surface area contributed by atoms with Crippen molar-refractivity contribution in [2.24, 2.45) is 0 Å². The molecule has 0 bridgehead atoms. The highest BCUT2D eigenvalue weighted by Crippen LogP contribution is 2.19. The molecular weight excluding hydrogens is 240 g/mol. The first-order valence-corrected chi connectivity index (χ1v) is 7.10. The van der Waals surface area contributed by atoms with Crippen molar-refractivity contribution in [2.45, 2.75) is 31.6 Å². The molecule has 1 aromatic carbocycles. The fraction of sp³-hybridized carbons (Fsp3) is 0.417. The van der Waals surface area contributed by atoms with E-state index in [0.29, 0.717) is 12.0 Å². The Balaban J connectivity index is 3.20. The van der Waals surface area contributed by atoms with E-state index in [1.807, 2.05) is 6.92 Å². The lowest BCUT2D eigenvalue weighted by Crippen LogP contribution is -2.10. The third-order valence-electron chi connectivity index (χ3n) is 2.54. The van der Waals surface area contributed by atoms with Gasteiger partial charge in [-0.3, -0.25) is 0 Å². The van der Waals surface area contributed by atoms with Crippen LogP contribution in [0.1, 0.15) is 35.7 Å². The third-order valence-corrected chi connectivity index (χ3v) is 4.47. The van der Waals surface area contributed by atoms with Gasteiger partial charge >= 0.3 is 5.97 Å². The maximum absolute atomic E-state index is 12.0. The Labute approximate surface area is 101 Å². The first-order valence-electron chi connectivity index (χ1n) is 5.45. The number of aryl methyl sites for hydroxylation is 1. The van der Waals surface area contributed by atoms with E-state index < -0.39 is 15.8 Å². The third kappa shape index (κ3) is 3.30. The predicted molar refractivity (Wildman–Crippen MR) is 65.1 cm³/mol. The van der Waals surface area contributed by atoms with Gasteiger partial charge in [-0.1, -0.05) is 19.4 Å². The van der Waals surface area contributed by atoms with E-state index in [9.17, 15) is 13.2 Å². The van der Waals surface area contributed by atoms with E-state index in [1.54, 1.807) is 6.92 Å². The SMILES string of the molecule is CCCCS(=O)(=O)c1cc(C(=O)O)ccc1C. The van der Waals surface area contributed by atoms with Crippen LogP contribution in [-0.4, -0.2) is 25.2 Å². The molecule has 0 aliphatic rings. The molecule has 0 aliphatic heterocycles. The van der Waals surface area contributed by atoms with E-state index in [4.69, 9.17) is 5.11 Å². The van der Waals surface area contributed by atoms with Crippen LogP contribution in [0.5, 0.6) is 0 Å². The molecule has 1 N–H and O–H groups in total. The molecule has 0 spiro atoms. The van der Waals surface area contributed by atoms with Gasteiger partial charge < -0.3 is 5.11 Å². The van der Waals surface area contributed by atoms with Gasteiger partial charge in [-0.15, -0.1) is 0 Å². The second-order valence-electron chi connectivity index (χ2n) is 3.96. The average Bonchev–Trinajstić information content (AvgIpc) is 2.26. The van der Waals surface area contributed by atoms with Gasteiger partial charge in [0.05, 0.1) is 16.2 Å². The standard InChI is InChI=1S/C12H16O4S/c1-3-4-7-17(15,16)11-8-10(12(13)14)6-5-9(11)2/h5-6,8H,3-4,7H2,1-2H3,(H,13,14). The van der Waals surface area contributed by atoms with Crippen molar-refractivity contribution in [2.75, 3.05) is 5.75 Å². The maximum Gasteiger partial charge on any atom is 0.335 e. The fourth-order valence-corrected chi connectivity index (χ4v) is 3.27. The summed E-state index contributed by atoms with van der Waals surface area (Å²) >= 11 is 0. The summed E-state index contributed by atoms with van der Waals surface area (Å²) in [4.78, 5) is 10.9. The van der Waals surface area contributed by atoms with Crippen LogP contribution in [0.3, 0.4) is 0 Å². The molecule has 0 heterocycles. The van der Waals surface area contributed by atoms with Crippen LogP contribution in [0.15, 0.2) is 23.1 Å². The van der Waals surface area contributed by atoms with Crippen LogP contribution in [-0.2, 0) is 9.84 Å². The maximum atomic E-state index is 12.0. The topological polar surface area (TPSA) is 71.4 Å². The van der Waals surface area contributed by atoms with Gasteiger partial charge in [-0.2, -0.15) is 0 Å². The van der Waals surface area contributed by atoms with Gasteiger partial charge in [0.15, 0.2) is 9.84 Å². The molecule has 0 aromatic heterocycles. The number of rotatable bonds is 5. The van der Waals surface area contributed by atoms with Crippen molar-refractivity contribution in [3.8, 4) is 0 Å². The molecule has 0 saturated carbocycles. The molecule has 0 fully saturated rings. The van der Waals surface area contributed by atoms with E-state index in [-0.39, 0.29) is 16.2 Å². The summed E-state index contributed by atoms with van der Waals surface area (Å²) in [6.07, 6.45) is 1.37. The molecule has 17 heavy (non-hydrogen) atoms. The Bertz CT molecular complexity index is 517. The van der Waals surface area contributed by atoms with Crippen molar-refractivity contribution >= 4 is 15.8 Å². The molecule has 0 aliphatic carbocycles. The van der Waals surface area contributed by atoms with E-state index >= 15 is 0 Å². The Morgan fingerprint density at radius 2 is 2.00 bits per heavy atom. The highest BCUT2D eigenvalue weighted by atomic mass is 32.2. The molecule has 0 saturated heterocycles. The average molecular weight is 256 g/mol. The molecule has 0 unspecified atom stereocenters. The van der Waals surface area contributed by atoms with Crippen LogP contribution in [0, 0.1) is 6.92 Å². The summed E-state index contributed by atoms with van der Waals surface area (Å²) in [7, 11) is -3.37. The summed E-state index contributed by atoms with van der Waals surface area (Å²) in [6, 6.07) is 4.18. The van der Waals surface area contributed by atoms with E-state index in [0.717, 1.165) is 6.42 Å². The number of aromatic carboxylic acids is 1. The molecule has 1 aromatic rings. The zero-order chi connectivity index (χ0) is 13.1. The number of benzene rings is 1. The molecule has 0 amide bonds. The first-order chi connectivity index (χ1) is 7.88. The summed E-state index contributed by atoms with van der Waals surface area (Å²) in [5, 5.41) is 8.85. The molecule has 0 atom stereocenters. The van der Waals surface area contributed by atoms with Gasteiger partial charge in [0, 0.05) is 0 Å². The van der Waals surface area contributed by atoms with Crippen molar-refractivity contribution < 1.29 is 18.3 Å². The number of hydrogen-bond donors (Lipinski definition) is 1. The molecule has 5 heteroatoms. The van der Waals surface area contributed by atoms with Crippen LogP contribution in [0.25, 0.3) is 0 Å². The minimum Gasteiger partial charge on any atom is -0.478 e. The lowest BCUT2D eigenvalue weighted by atomic mass is 10.1. The van der Waals surface area contributed by atoms with Gasteiger partial charge in [0.1, 0.15) is 0 Å². The first kappa shape index (κ1) is 13.7. The highest BCUT2D eigenvalue weighted by molar-refractivity contribution is 7.91. The minimum atomic E-state index is -3.37. The zero-order valence-corrected chi connectivity index (χ0v) is 10.8. The summed E-state index contributed by atoms with van der Waals surface area (Å²) < 4.78 is 24.0. The lowest BCUT2D eigenvalue weighted by molar-refractivity contribution is 0.0696.